The summed E-state index contributed by atoms with van der Waals surface area (Å²) in [6.07, 6.45) is 6.67. The van der Waals surface area contributed by atoms with Crippen molar-refractivity contribution in [1.29, 1.82) is 0 Å². The number of ether oxygens (including phenoxy) is 2. The van der Waals surface area contributed by atoms with E-state index < -0.39 is 0 Å². The van der Waals surface area contributed by atoms with Crippen molar-refractivity contribution in [2.24, 2.45) is 11.7 Å². The summed E-state index contributed by atoms with van der Waals surface area (Å²) in [5, 5.41) is 0. The number of fused-ring (bicyclic) bond motifs is 2. The normalized spacial score (nSPS) is 35.6. The molecule has 0 aliphatic carbocycles. The molecule has 94 valence electrons. The van der Waals surface area contributed by atoms with E-state index in [2.05, 4.69) is 13.8 Å². The average Bonchev–Trinajstić information content (AvgIpc) is 2.87. The average molecular weight is 227 g/mol. The second-order valence-corrected chi connectivity index (χ2v) is 5.94. The van der Waals surface area contributed by atoms with Crippen LogP contribution in [0.25, 0.3) is 0 Å². The highest BCUT2D eigenvalue weighted by molar-refractivity contribution is 4.94. The minimum Gasteiger partial charge on any atom is -0.379 e. The van der Waals surface area contributed by atoms with E-state index in [1.807, 2.05) is 0 Å². The molecule has 2 saturated heterocycles. The topological polar surface area (TPSA) is 44.5 Å². The van der Waals surface area contributed by atoms with E-state index in [1.54, 1.807) is 7.11 Å². The van der Waals surface area contributed by atoms with E-state index in [9.17, 15) is 0 Å². The van der Waals surface area contributed by atoms with Gasteiger partial charge in [0.15, 0.2) is 0 Å². The Labute approximate surface area is 98.7 Å². The molecule has 0 amide bonds. The predicted molar refractivity (Wildman–Crippen MR) is 64.3 cm³/mol. The fraction of sp³-hybridized carbons (Fsp3) is 1.00. The van der Waals surface area contributed by atoms with Crippen molar-refractivity contribution >= 4 is 0 Å². The molecule has 4 atom stereocenters. The highest BCUT2D eigenvalue weighted by Gasteiger charge is 2.43. The third-order valence-electron chi connectivity index (χ3n) is 4.34. The van der Waals surface area contributed by atoms with Crippen molar-refractivity contribution in [2.45, 2.75) is 69.8 Å². The number of nitrogens with two attached hydrogens (primary N) is 1. The molecule has 2 bridgehead atoms. The van der Waals surface area contributed by atoms with Crippen molar-refractivity contribution in [2.75, 3.05) is 7.11 Å². The maximum atomic E-state index is 6.29. The van der Waals surface area contributed by atoms with Crippen LogP contribution in [0.1, 0.15) is 46.0 Å². The molecule has 2 heterocycles. The van der Waals surface area contributed by atoms with Crippen LogP contribution in [0.2, 0.25) is 0 Å². The van der Waals surface area contributed by atoms with E-state index in [0.717, 1.165) is 12.8 Å². The SMILES string of the molecule is COC(C)(C)CCC(N)C1CC2CCC1O2. The molecule has 2 fully saturated rings. The zero-order valence-electron chi connectivity index (χ0n) is 10.7. The molecule has 16 heavy (non-hydrogen) atoms. The van der Waals surface area contributed by atoms with Gasteiger partial charge < -0.3 is 15.2 Å². The van der Waals surface area contributed by atoms with Gasteiger partial charge in [-0.1, -0.05) is 0 Å². The first-order chi connectivity index (χ1) is 7.52. The molecule has 2 N–H and O–H groups in total. The molecule has 0 radical (unpaired) electrons. The number of hydrogen-bond acceptors (Lipinski definition) is 3. The van der Waals surface area contributed by atoms with Crippen molar-refractivity contribution in [3.63, 3.8) is 0 Å². The Kier molecular flexibility index (Phi) is 3.57. The molecule has 0 spiro atoms. The number of hydrogen-bond donors (Lipinski definition) is 1. The molecule has 3 heteroatoms. The number of rotatable bonds is 5. The Morgan fingerprint density at radius 3 is 2.69 bits per heavy atom. The smallest absolute Gasteiger partial charge is 0.0623 e. The van der Waals surface area contributed by atoms with Gasteiger partial charge in [-0.3, -0.25) is 0 Å². The molecule has 0 aromatic rings. The van der Waals surface area contributed by atoms with Gasteiger partial charge in [0.25, 0.3) is 0 Å². The van der Waals surface area contributed by atoms with Gasteiger partial charge in [0.05, 0.1) is 17.8 Å². The standard InChI is InChI=1S/C13H25NO2/c1-13(2,15-3)7-6-11(14)10-8-9-4-5-12(10)16-9/h9-12H,4-8,14H2,1-3H3. The van der Waals surface area contributed by atoms with Gasteiger partial charge in [0.1, 0.15) is 0 Å². The second-order valence-electron chi connectivity index (χ2n) is 5.94. The first kappa shape index (κ1) is 12.3. The van der Waals surface area contributed by atoms with Crippen molar-refractivity contribution in [3.8, 4) is 0 Å². The van der Waals surface area contributed by atoms with Gasteiger partial charge in [-0.15, -0.1) is 0 Å². The molecule has 0 saturated carbocycles. The van der Waals surface area contributed by atoms with Gasteiger partial charge in [0, 0.05) is 19.1 Å². The van der Waals surface area contributed by atoms with Gasteiger partial charge in [-0.2, -0.15) is 0 Å². The lowest BCUT2D eigenvalue weighted by molar-refractivity contribution is 0.00988. The Morgan fingerprint density at radius 2 is 2.19 bits per heavy atom. The summed E-state index contributed by atoms with van der Waals surface area (Å²) in [5.41, 5.74) is 6.25. The third-order valence-corrected chi connectivity index (χ3v) is 4.34. The monoisotopic (exact) mass is 227 g/mol. The summed E-state index contributed by atoms with van der Waals surface area (Å²) in [6, 6.07) is 0.282. The van der Waals surface area contributed by atoms with Crippen LogP contribution in [0.5, 0.6) is 0 Å². The summed E-state index contributed by atoms with van der Waals surface area (Å²) in [5.74, 6) is 0.589. The molecule has 2 aliphatic rings. The van der Waals surface area contributed by atoms with Gasteiger partial charge in [0.2, 0.25) is 0 Å². The van der Waals surface area contributed by atoms with Crippen LogP contribution >= 0.6 is 0 Å². The van der Waals surface area contributed by atoms with Gasteiger partial charge in [-0.05, 0) is 46.0 Å². The lowest BCUT2D eigenvalue weighted by atomic mass is 9.81. The molecule has 3 nitrogen and oxygen atoms in total. The molecular formula is C13H25NO2. The molecule has 2 aliphatic heterocycles. The second kappa shape index (κ2) is 4.63. The molecule has 0 aromatic carbocycles. The van der Waals surface area contributed by atoms with Crippen LogP contribution in [-0.2, 0) is 9.47 Å². The van der Waals surface area contributed by atoms with Gasteiger partial charge in [-0.25, -0.2) is 0 Å². The van der Waals surface area contributed by atoms with E-state index in [1.165, 1.54) is 19.3 Å². The van der Waals surface area contributed by atoms with Crippen LogP contribution in [0.3, 0.4) is 0 Å². The van der Waals surface area contributed by atoms with Crippen molar-refractivity contribution < 1.29 is 9.47 Å². The first-order valence-electron chi connectivity index (χ1n) is 6.48. The Balaban J connectivity index is 1.78. The summed E-state index contributed by atoms with van der Waals surface area (Å²) >= 11 is 0. The van der Waals surface area contributed by atoms with Crippen LogP contribution in [0.15, 0.2) is 0 Å². The van der Waals surface area contributed by atoms with Crippen molar-refractivity contribution in [1.82, 2.24) is 0 Å². The van der Waals surface area contributed by atoms with Crippen LogP contribution < -0.4 is 5.73 Å². The minimum atomic E-state index is -0.0455. The summed E-state index contributed by atoms with van der Waals surface area (Å²) in [7, 11) is 1.77. The van der Waals surface area contributed by atoms with E-state index in [4.69, 9.17) is 15.2 Å². The maximum absolute atomic E-state index is 6.29. The molecule has 4 unspecified atom stereocenters. The Bertz CT molecular complexity index is 242. The maximum Gasteiger partial charge on any atom is 0.0623 e. The molecule has 0 aromatic heterocycles. The Morgan fingerprint density at radius 1 is 1.44 bits per heavy atom. The third kappa shape index (κ3) is 2.58. The van der Waals surface area contributed by atoms with Crippen LogP contribution in [-0.4, -0.2) is 31.0 Å². The van der Waals surface area contributed by atoms with Crippen molar-refractivity contribution in [3.05, 3.63) is 0 Å². The largest absolute Gasteiger partial charge is 0.379 e. The highest BCUT2D eigenvalue weighted by Crippen LogP contribution is 2.41. The highest BCUT2D eigenvalue weighted by atomic mass is 16.5. The zero-order valence-corrected chi connectivity index (χ0v) is 10.7. The lowest BCUT2D eigenvalue weighted by Gasteiger charge is -2.29. The Hall–Kier alpha value is -0.120. The summed E-state index contributed by atoms with van der Waals surface area (Å²) < 4.78 is 11.3. The van der Waals surface area contributed by atoms with Crippen LogP contribution in [0.4, 0.5) is 0 Å². The van der Waals surface area contributed by atoms with Gasteiger partial charge >= 0.3 is 0 Å². The van der Waals surface area contributed by atoms with E-state index in [0.29, 0.717) is 18.1 Å². The predicted octanol–water partition coefficient (Wildman–Crippen LogP) is 2.09. The molecule has 2 rings (SSSR count). The first-order valence-corrected chi connectivity index (χ1v) is 6.48. The summed E-state index contributed by atoms with van der Waals surface area (Å²) in [4.78, 5) is 0. The number of methoxy groups -OCH3 is 1. The quantitative estimate of drug-likeness (QED) is 0.782. The fourth-order valence-electron chi connectivity index (χ4n) is 2.96. The fourth-order valence-corrected chi connectivity index (χ4v) is 2.96. The van der Waals surface area contributed by atoms with Crippen LogP contribution in [0, 0.1) is 5.92 Å². The van der Waals surface area contributed by atoms with E-state index in [-0.39, 0.29) is 11.6 Å². The zero-order chi connectivity index (χ0) is 11.8. The molecular weight excluding hydrogens is 202 g/mol. The summed E-state index contributed by atoms with van der Waals surface area (Å²) in [6.45, 7) is 4.24. The lowest BCUT2D eigenvalue weighted by Crippen LogP contribution is -2.38. The van der Waals surface area contributed by atoms with E-state index >= 15 is 0 Å². The minimum absolute atomic E-state index is 0.0455.